The summed E-state index contributed by atoms with van der Waals surface area (Å²) in [5, 5.41) is 12.7. The summed E-state index contributed by atoms with van der Waals surface area (Å²) in [6.45, 7) is 3.12. The summed E-state index contributed by atoms with van der Waals surface area (Å²) in [6, 6.07) is 13.8. The van der Waals surface area contributed by atoms with Gasteiger partial charge in [0.05, 0.1) is 11.9 Å². The van der Waals surface area contributed by atoms with E-state index in [1.807, 2.05) is 48.2 Å². The maximum atomic E-state index is 13.1. The Labute approximate surface area is 209 Å². The van der Waals surface area contributed by atoms with E-state index >= 15 is 0 Å². The predicted octanol–water partition coefficient (Wildman–Crippen LogP) is 5.60. The van der Waals surface area contributed by atoms with Gasteiger partial charge < -0.3 is 18.8 Å². The van der Waals surface area contributed by atoms with Crippen LogP contribution >= 0.6 is 0 Å². The minimum atomic E-state index is -0.609. The molecule has 6 nitrogen and oxygen atoms in total. The number of aliphatic hydroxyl groups is 1. The van der Waals surface area contributed by atoms with Gasteiger partial charge in [-0.25, -0.2) is 4.79 Å². The number of carbonyl (C=O) groups is 1. The number of nitrogens with zero attached hydrogens (tertiary/aromatic N) is 1. The van der Waals surface area contributed by atoms with Gasteiger partial charge in [0, 0.05) is 53.4 Å². The molecular weight excluding hydrogens is 454 g/mol. The summed E-state index contributed by atoms with van der Waals surface area (Å²) in [5.41, 5.74) is 3.58. The van der Waals surface area contributed by atoms with Crippen LogP contribution in [0.4, 0.5) is 0 Å². The Kier molecular flexibility index (Phi) is 5.72. The van der Waals surface area contributed by atoms with Crippen molar-refractivity contribution in [2.75, 3.05) is 13.1 Å². The summed E-state index contributed by atoms with van der Waals surface area (Å²) in [6.07, 6.45) is 6.96. The summed E-state index contributed by atoms with van der Waals surface area (Å²) in [5.74, 6) is 0.200. The number of aryl methyl sites for hydroxylation is 1. The lowest BCUT2D eigenvalue weighted by Crippen LogP contribution is -2.54. The topological polar surface area (TPSA) is 83.9 Å². The van der Waals surface area contributed by atoms with E-state index in [0.29, 0.717) is 42.7 Å². The number of likely N-dealkylation sites (tertiary alicyclic amines) is 1. The van der Waals surface area contributed by atoms with Crippen molar-refractivity contribution in [2.24, 2.45) is 5.92 Å². The molecule has 1 amide bonds. The van der Waals surface area contributed by atoms with Crippen LogP contribution in [0.5, 0.6) is 0 Å². The molecule has 6 rings (SSSR count). The van der Waals surface area contributed by atoms with Crippen molar-refractivity contribution in [3.05, 3.63) is 70.3 Å². The molecule has 1 saturated heterocycles. The van der Waals surface area contributed by atoms with Gasteiger partial charge in [-0.3, -0.25) is 4.79 Å². The van der Waals surface area contributed by atoms with E-state index in [1.54, 1.807) is 12.3 Å². The Morgan fingerprint density at radius 1 is 1.11 bits per heavy atom. The maximum Gasteiger partial charge on any atom is 0.339 e. The number of piperidine rings is 1. The highest BCUT2D eigenvalue weighted by Gasteiger charge is 2.43. The third-order valence-electron chi connectivity index (χ3n) is 8.44. The summed E-state index contributed by atoms with van der Waals surface area (Å²) >= 11 is 0. The first kappa shape index (κ1) is 23.0. The van der Waals surface area contributed by atoms with E-state index in [1.165, 1.54) is 0 Å². The molecular formula is C30H31NO5. The van der Waals surface area contributed by atoms with E-state index in [0.717, 1.165) is 53.1 Å². The lowest BCUT2D eigenvalue weighted by Gasteiger charge is -2.47. The molecule has 1 aliphatic heterocycles. The lowest BCUT2D eigenvalue weighted by molar-refractivity contribution is -0.143. The molecule has 6 heteroatoms. The molecule has 4 aromatic rings. The normalized spacial score (nSPS) is 22.2. The van der Waals surface area contributed by atoms with Crippen molar-refractivity contribution in [3.63, 3.8) is 0 Å². The Morgan fingerprint density at radius 2 is 1.94 bits per heavy atom. The van der Waals surface area contributed by atoms with Gasteiger partial charge in [0.25, 0.3) is 0 Å². The van der Waals surface area contributed by atoms with Crippen LogP contribution in [0.15, 0.2) is 62.4 Å². The van der Waals surface area contributed by atoms with E-state index < -0.39 is 11.2 Å². The molecule has 2 aromatic carbocycles. The molecule has 186 valence electrons. The number of carbonyl (C=O) groups excluding carboxylic acids is 1. The summed E-state index contributed by atoms with van der Waals surface area (Å²) in [4.78, 5) is 27.8. The van der Waals surface area contributed by atoms with E-state index in [-0.39, 0.29) is 18.2 Å². The van der Waals surface area contributed by atoms with Gasteiger partial charge in [0.1, 0.15) is 11.2 Å². The number of benzene rings is 2. The van der Waals surface area contributed by atoms with Gasteiger partial charge in [-0.05, 0) is 49.8 Å². The van der Waals surface area contributed by atoms with Crippen molar-refractivity contribution < 1.29 is 18.7 Å². The van der Waals surface area contributed by atoms with Gasteiger partial charge in [-0.15, -0.1) is 0 Å². The van der Waals surface area contributed by atoms with E-state index in [4.69, 9.17) is 8.83 Å². The minimum absolute atomic E-state index is 0.0400. The van der Waals surface area contributed by atoms with Crippen LogP contribution in [0.25, 0.3) is 33.1 Å². The van der Waals surface area contributed by atoms with Crippen molar-refractivity contribution >= 4 is 27.8 Å². The largest absolute Gasteiger partial charge is 0.464 e. The SMILES string of the molecule is Cc1c(CCC(=O)N2CC[C@]3(O)CCCC[C@@H]3C2)c(=O)oc2cc3occ(-c4ccccc4)c3cc12. The van der Waals surface area contributed by atoms with Crippen molar-refractivity contribution in [1.29, 1.82) is 0 Å². The Balaban J connectivity index is 1.26. The molecule has 1 aliphatic carbocycles. The molecule has 1 N–H and O–H groups in total. The van der Waals surface area contributed by atoms with Gasteiger partial charge in [0.15, 0.2) is 0 Å². The molecule has 36 heavy (non-hydrogen) atoms. The van der Waals surface area contributed by atoms with Crippen LogP contribution in [-0.2, 0) is 11.2 Å². The number of hydrogen-bond acceptors (Lipinski definition) is 5. The zero-order chi connectivity index (χ0) is 24.9. The molecule has 3 heterocycles. The fourth-order valence-electron chi connectivity index (χ4n) is 6.23. The van der Waals surface area contributed by atoms with Gasteiger partial charge in [-0.2, -0.15) is 0 Å². The predicted molar refractivity (Wildman–Crippen MR) is 139 cm³/mol. The van der Waals surface area contributed by atoms with Gasteiger partial charge >= 0.3 is 5.63 Å². The Hall–Kier alpha value is -3.38. The Bertz CT molecular complexity index is 1500. The highest BCUT2D eigenvalue weighted by Crippen LogP contribution is 2.40. The van der Waals surface area contributed by atoms with Crippen LogP contribution in [0, 0.1) is 12.8 Å². The second kappa shape index (κ2) is 8.93. The average Bonchev–Trinajstić information content (AvgIpc) is 3.30. The van der Waals surface area contributed by atoms with Crippen molar-refractivity contribution in [2.45, 2.75) is 57.5 Å². The van der Waals surface area contributed by atoms with Crippen molar-refractivity contribution in [3.8, 4) is 11.1 Å². The fraction of sp³-hybridized carbons (Fsp3) is 0.400. The highest BCUT2D eigenvalue weighted by molar-refractivity contribution is 6.02. The van der Waals surface area contributed by atoms with Crippen LogP contribution in [0.1, 0.15) is 49.7 Å². The third kappa shape index (κ3) is 3.94. The van der Waals surface area contributed by atoms with Gasteiger partial charge in [0.2, 0.25) is 5.91 Å². The number of rotatable bonds is 4. The summed E-state index contributed by atoms with van der Waals surface area (Å²) in [7, 11) is 0. The van der Waals surface area contributed by atoms with Crippen LogP contribution in [0.2, 0.25) is 0 Å². The van der Waals surface area contributed by atoms with E-state index in [2.05, 4.69) is 0 Å². The smallest absolute Gasteiger partial charge is 0.339 e. The first-order valence-corrected chi connectivity index (χ1v) is 13.0. The molecule has 2 aliphatic rings. The number of hydrogen-bond donors (Lipinski definition) is 1. The van der Waals surface area contributed by atoms with Gasteiger partial charge in [-0.1, -0.05) is 43.2 Å². The monoisotopic (exact) mass is 485 g/mol. The number of furan rings is 1. The lowest BCUT2D eigenvalue weighted by atomic mass is 9.71. The molecule has 2 aromatic heterocycles. The molecule has 0 radical (unpaired) electrons. The third-order valence-corrected chi connectivity index (χ3v) is 8.44. The standard InChI is InChI=1S/C30H31NO5/c1-19-22(10-11-28(32)31-14-13-30(34)12-6-5-9-21(30)17-31)29(33)36-27-16-26-24(15-23(19)27)25(18-35-26)20-7-3-2-4-8-20/h2-4,7-8,15-16,18,21,34H,5-6,9-14,17H2,1H3/t21-,30-/m1/s1. The Morgan fingerprint density at radius 3 is 2.78 bits per heavy atom. The molecule has 2 atom stereocenters. The first-order valence-electron chi connectivity index (χ1n) is 13.0. The minimum Gasteiger partial charge on any atom is -0.464 e. The zero-order valence-corrected chi connectivity index (χ0v) is 20.6. The van der Waals surface area contributed by atoms with Crippen LogP contribution in [0.3, 0.4) is 0 Å². The summed E-state index contributed by atoms with van der Waals surface area (Å²) < 4.78 is 11.5. The zero-order valence-electron chi connectivity index (χ0n) is 20.6. The number of fused-ring (bicyclic) bond motifs is 3. The molecule has 0 bridgehead atoms. The molecule has 2 fully saturated rings. The van der Waals surface area contributed by atoms with Crippen molar-refractivity contribution in [1.82, 2.24) is 4.90 Å². The van der Waals surface area contributed by atoms with Crippen LogP contribution in [-0.4, -0.2) is 34.6 Å². The average molecular weight is 486 g/mol. The number of amides is 1. The quantitative estimate of drug-likeness (QED) is 0.380. The van der Waals surface area contributed by atoms with Crippen LogP contribution < -0.4 is 5.63 Å². The molecule has 0 unspecified atom stereocenters. The maximum absolute atomic E-state index is 13.1. The fourth-order valence-corrected chi connectivity index (χ4v) is 6.23. The second-order valence-electron chi connectivity index (χ2n) is 10.5. The second-order valence-corrected chi connectivity index (χ2v) is 10.5. The first-order chi connectivity index (χ1) is 17.4. The molecule has 0 spiro atoms. The highest BCUT2D eigenvalue weighted by atomic mass is 16.4. The van der Waals surface area contributed by atoms with E-state index in [9.17, 15) is 14.7 Å². The molecule has 1 saturated carbocycles.